The van der Waals surface area contributed by atoms with E-state index < -0.39 is 5.97 Å². The fourth-order valence-electron chi connectivity index (χ4n) is 2.09. The molecule has 1 heterocycles. The number of carboxylic acid groups (broad SMARTS) is 1. The van der Waals surface area contributed by atoms with Crippen molar-refractivity contribution in [1.29, 1.82) is 0 Å². The molecule has 0 spiro atoms. The first-order valence-corrected chi connectivity index (χ1v) is 6.10. The highest BCUT2D eigenvalue weighted by Crippen LogP contribution is 2.13. The highest BCUT2D eigenvalue weighted by Gasteiger charge is 2.22. The Morgan fingerprint density at radius 1 is 1.61 bits per heavy atom. The Bertz CT molecular complexity index is 320. The third-order valence-corrected chi connectivity index (χ3v) is 3.12. The van der Waals surface area contributed by atoms with Gasteiger partial charge in [0.1, 0.15) is 6.54 Å². The highest BCUT2D eigenvalue weighted by molar-refractivity contribution is 5.80. The molecule has 1 fully saturated rings. The number of amides is 2. The fourth-order valence-corrected chi connectivity index (χ4v) is 2.09. The number of likely N-dealkylation sites (tertiary alicyclic amines) is 1. The van der Waals surface area contributed by atoms with Crippen LogP contribution in [0.5, 0.6) is 0 Å². The summed E-state index contributed by atoms with van der Waals surface area (Å²) in [5.74, 6) is -1.02. The summed E-state index contributed by atoms with van der Waals surface area (Å²) < 4.78 is 0. The van der Waals surface area contributed by atoms with E-state index in [0.29, 0.717) is 12.6 Å². The van der Waals surface area contributed by atoms with Crippen LogP contribution >= 0.6 is 0 Å². The lowest BCUT2D eigenvalue weighted by molar-refractivity contribution is -0.137. The van der Waals surface area contributed by atoms with Crippen molar-refractivity contribution in [2.24, 2.45) is 0 Å². The molecule has 6 heteroatoms. The van der Waals surface area contributed by atoms with Gasteiger partial charge in [0.15, 0.2) is 0 Å². The summed E-state index contributed by atoms with van der Waals surface area (Å²) in [7, 11) is 2.03. The first kappa shape index (κ1) is 14.5. The summed E-state index contributed by atoms with van der Waals surface area (Å²) in [6.45, 7) is 5.05. The molecule has 6 nitrogen and oxygen atoms in total. The zero-order valence-corrected chi connectivity index (χ0v) is 10.8. The van der Waals surface area contributed by atoms with Crippen molar-refractivity contribution in [2.45, 2.75) is 18.9 Å². The summed E-state index contributed by atoms with van der Waals surface area (Å²) in [4.78, 5) is 25.9. The maximum Gasteiger partial charge on any atom is 0.323 e. The number of nitrogens with zero attached hydrogens (tertiary/aromatic N) is 2. The molecular weight excluding hydrogens is 234 g/mol. The first-order valence-electron chi connectivity index (χ1n) is 6.10. The molecule has 0 aromatic rings. The van der Waals surface area contributed by atoms with Crippen molar-refractivity contribution < 1.29 is 14.7 Å². The number of hydrogen-bond acceptors (Lipinski definition) is 3. The molecule has 1 aliphatic rings. The van der Waals surface area contributed by atoms with Crippen LogP contribution in [-0.2, 0) is 4.79 Å². The summed E-state index contributed by atoms with van der Waals surface area (Å²) in [6.07, 6.45) is 3.73. The predicted molar refractivity (Wildman–Crippen MR) is 68.5 cm³/mol. The lowest BCUT2D eigenvalue weighted by atomic mass is 10.2. The molecule has 0 aromatic carbocycles. The smallest absolute Gasteiger partial charge is 0.323 e. The molecule has 2 N–H and O–H groups in total. The predicted octanol–water partition coefficient (Wildman–Crippen LogP) is 0.363. The van der Waals surface area contributed by atoms with Crippen LogP contribution in [0.2, 0.25) is 0 Å². The van der Waals surface area contributed by atoms with Gasteiger partial charge in [0.05, 0.1) is 0 Å². The zero-order valence-electron chi connectivity index (χ0n) is 10.8. The normalized spacial score (nSPS) is 19.5. The second-order valence-corrected chi connectivity index (χ2v) is 4.53. The van der Waals surface area contributed by atoms with Crippen LogP contribution in [0.3, 0.4) is 0 Å². The molecule has 1 aliphatic heterocycles. The number of likely N-dealkylation sites (N-methyl/N-ethyl adjacent to an activating group) is 1. The van der Waals surface area contributed by atoms with Gasteiger partial charge in [-0.25, -0.2) is 4.79 Å². The molecule has 1 unspecified atom stereocenters. The van der Waals surface area contributed by atoms with Gasteiger partial charge in [-0.1, -0.05) is 6.08 Å². The minimum atomic E-state index is -1.02. The second-order valence-electron chi connectivity index (χ2n) is 4.53. The van der Waals surface area contributed by atoms with E-state index in [1.165, 1.54) is 11.0 Å². The average molecular weight is 255 g/mol. The van der Waals surface area contributed by atoms with Crippen LogP contribution in [0.1, 0.15) is 12.8 Å². The van der Waals surface area contributed by atoms with E-state index in [1.54, 1.807) is 0 Å². The Kier molecular flexibility index (Phi) is 5.64. The van der Waals surface area contributed by atoms with Crippen LogP contribution in [0, 0.1) is 0 Å². The number of rotatable bonds is 6. The van der Waals surface area contributed by atoms with Gasteiger partial charge in [-0.2, -0.15) is 0 Å². The van der Waals surface area contributed by atoms with Crippen molar-refractivity contribution in [1.82, 2.24) is 15.1 Å². The number of carbonyl (C=O) groups excluding carboxylic acids is 1. The van der Waals surface area contributed by atoms with E-state index in [0.717, 1.165) is 19.4 Å². The van der Waals surface area contributed by atoms with Crippen molar-refractivity contribution in [3.63, 3.8) is 0 Å². The maximum atomic E-state index is 11.8. The highest BCUT2D eigenvalue weighted by atomic mass is 16.4. The maximum absolute atomic E-state index is 11.8. The molecule has 18 heavy (non-hydrogen) atoms. The molecule has 1 saturated heterocycles. The van der Waals surface area contributed by atoms with E-state index in [2.05, 4.69) is 16.8 Å². The van der Waals surface area contributed by atoms with Gasteiger partial charge in [0.2, 0.25) is 0 Å². The molecule has 1 rings (SSSR count). The average Bonchev–Trinajstić information content (AvgIpc) is 2.70. The number of carboxylic acids is 1. The molecule has 0 radical (unpaired) electrons. The number of carbonyl (C=O) groups is 2. The molecule has 0 aliphatic carbocycles. The van der Waals surface area contributed by atoms with Crippen molar-refractivity contribution in [3.8, 4) is 0 Å². The van der Waals surface area contributed by atoms with E-state index >= 15 is 0 Å². The fraction of sp³-hybridized carbons (Fsp3) is 0.667. The Morgan fingerprint density at radius 3 is 2.83 bits per heavy atom. The third kappa shape index (κ3) is 4.37. The van der Waals surface area contributed by atoms with Crippen molar-refractivity contribution in [3.05, 3.63) is 12.7 Å². The first-order chi connectivity index (χ1) is 8.54. The Balaban J connectivity index is 2.40. The molecule has 102 valence electrons. The van der Waals surface area contributed by atoms with Crippen LogP contribution in [-0.4, -0.2) is 66.2 Å². The third-order valence-electron chi connectivity index (χ3n) is 3.12. The number of aliphatic carboxylic acids is 1. The second kappa shape index (κ2) is 7.00. The molecule has 1 atom stereocenters. The minimum absolute atomic E-state index is 0.235. The Hall–Kier alpha value is -1.56. The van der Waals surface area contributed by atoms with E-state index in [1.807, 2.05) is 7.05 Å². The van der Waals surface area contributed by atoms with Gasteiger partial charge in [0, 0.05) is 19.1 Å². The van der Waals surface area contributed by atoms with E-state index in [-0.39, 0.29) is 19.1 Å². The SMILES string of the molecule is C=CCN(CC(=O)O)C(=O)NCC1CCCN1C. The quantitative estimate of drug-likeness (QED) is 0.672. The molecule has 0 aromatic heterocycles. The summed E-state index contributed by atoms with van der Waals surface area (Å²) in [6, 6.07) is 0.00181. The van der Waals surface area contributed by atoms with Gasteiger partial charge in [-0.05, 0) is 26.4 Å². The van der Waals surface area contributed by atoms with Gasteiger partial charge in [-0.3, -0.25) is 4.79 Å². The van der Waals surface area contributed by atoms with Gasteiger partial charge in [0.25, 0.3) is 0 Å². The van der Waals surface area contributed by atoms with Crippen molar-refractivity contribution in [2.75, 3.05) is 33.2 Å². The Labute approximate surface area is 107 Å². The standard InChI is InChI=1S/C12H21N3O3/c1-3-6-15(9-11(16)17)12(18)13-8-10-5-4-7-14(10)2/h3,10H,1,4-9H2,2H3,(H,13,18)(H,16,17). The number of nitrogens with one attached hydrogen (secondary N) is 1. The molecule has 0 bridgehead atoms. The van der Waals surface area contributed by atoms with Gasteiger partial charge < -0.3 is 20.2 Å². The van der Waals surface area contributed by atoms with Crippen LogP contribution < -0.4 is 5.32 Å². The molecule has 0 saturated carbocycles. The molecular formula is C12H21N3O3. The number of urea groups is 1. The van der Waals surface area contributed by atoms with E-state index in [4.69, 9.17) is 5.11 Å². The van der Waals surface area contributed by atoms with Crippen molar-refractivity contribution >= 4 is 12.0 Å². The van der Waals surface area contributed by atoms with Gasteiger partial charge in [-0.15, -0.1) is 6.58 Å². The van der Waals surface area contributed by atoms with Gasteiger partial charge >= 0.3 is 12.0 Å². The largest absolute Gasteiger partial charge is 0.480 e. The lowest BCUT2D eigenvalue weighted by Gasteiger charge is -2.23. The van der Waals surface area contributed by atoms with E-state index in [9.17, 15) is 9.59 Å². The van der Waals surface area contributed by atoms with Crippen LogP contribution in [0.4, 0.5) is 4.79 Å². The number of hydrogen-bond donors (Lipinski definition) is 2. The van der Waals surface area contributed by atoms with Crippen LogP contribution in [0.25, 0.3) is 0 Å². The zero-order chi connectivity index (χ0) is 13.5. The Morgan fingerprint density at radius 2 is 2.33 bits per heavy atom. The van der Waals surface area contributed by atoms with Crippen LogP contribution in [0.15, 0.2) is 12.7 Å². The summed E-state index contributed by atoms with van der Waals surface area (Å²) in [5, 5.41) is 11.5. The summed E-state index contributed by atoms with van der Waals surface area (Å²) >= 11 is 0. The topological polar surface area (TPSA) is 72.9 Å². The molecule has 2 amide bonds. The summed E-state index contributed by atoms with van der Waals surface area (Å²) in [5.41, 5.74) is 0. The minimum Gasteiger partial charge on any atom is -0.480 e. The lowest BCUT2D eigenvalue weighted by Crippen LogP contribution is -2.46. The monoisotopic (exact) mass is 255 g/mol.